The molecule has 0 radical (unpaired) electrons. The molecule has 3 aromatic rings. The summed E-state index contributed by atoms with van der Waals surface area (Å²) in [6, 6.07) is 25.1. The summed E-state index contributed by atoms with van der Waals surface area (Å²) in [5.41, 5.74) is 5.61. The highest BCUT2D eigenvalue weighted by atomic mass is 79.9. The van der Waals surface area contributed by atoms with Crippen molar-refractivity contribution in [3.63, 3.8) is 0 Å². The van der Waals surface area contributed by atoms with E-state index in [1.54, 1.807) is 0 Å². The summed E-state index contributed by atoms with van der Waals surface area (Å²) in [4.78, 5) is 17.0. The van der Waals surface area contributed by atoms with Gasteiger partial charge in [0.2, 0.25) is 0 Å². The average molecular weight is 508 g/mol. The van der Waals surface area contributed by atoms with Gasteiger partial charge in [-0.2, -0.15) is 0 Å². The van der Waals surface area contributed by atoms with Crippen LogP contribution in [0, 0.1) is 0 Å². The first-order chi connectivity index (χ1) is 16.0. The number of carbonyl (C=O) groups excluding carboxylic acids is 1. The van der Waals surface area contributed by atoms with Gasteiger partial charge in [0.05, 0.1) is 19.7 Å². The number of esters is 1. The quantitative estimate of drug-likeness (QED) is 0.398. The summed E-state index contributed by atoms with van der Waals surface area (Å²) in [5.74, 6) is -0.263. The summed E-state index contributed by atoms with van der Waals surface area (Å²) in [6.45, 7) is 6.42. The molecule has 3 aromatic carbocycles. The second-order valence-electron chi connectivity index (χ2n) is 8.10. The van der Waals surface area contributed by atoms with Gasteiger partial charge in [-0.15, -0.1) is 0 Å². The number of anilines is 2. The Balaban J connectivity index is 1.82. The number of rotatable bonds is 7. The third-order valence-electron chi connectivity index (χ3n) is 6.26. The summed E-state index contributed by atoms with van der Waals surface area (Å²) in [5, 5.41) is 3.68. The zero-order valence-electron chi connectivity index (χ0n) is 19.3. The highest BCUT2D eigenvalue weighted by molar-refractivity contribution is 9.10. The van der Waals surface area contributed by atoms with Crippen LogP contribution in [-0.2, 0) is 9.53 Å². The molecule has 0 amide bonds. The van der Waals surface area contributed by atoms with Crippen molar-refractivity contribution in [2.75, 3.05) is 37.0 Å². The molecule has 0 bridgehead atoms. The largest absolute Gasteiger partial charge is 0.468 e. The van der Waals surface area contributed by atoms with Gasteiger partial charge in [-0.05, 0) is 60.9 Å². The second kappa shape index (κ2) is 10.4. The Kier molecular flexibility index (Phi) is 7.36. The van der Waals surface area contributed by atoms with Crippen molar-refractivity contribution >= 4 is 33.3 Å². The van der Waals surface area contributed by atoms with Crippen LogP contribution in [0.2, 0.25) is 0 Å². The molecule has 4 rings (SSSR count). The van der Waals surface area contributed by atoms with Gasteiger partial charge in [0, 0.05) is 28.9 Å². The molecule has 1 aliphatic heterocycles. The molecule has 6 heteroatoms. The van der Waals surface area contributed by atoms with Crippen molar-refractivity contribution in [2.45, 2.75) is 26.1 Å². The van der Waals surface area contributed by atoms with Gasteiger partial charge < -0.3 is 15.0 Å². The molecule has 0 aliphatic carbocycles. The summed E-state index contributed by atoms with van der Waals surface area (Å²) >= 11 is 3.63. The van der Waals surface area contributed by atoms with E-state index in [9.17, 15) is 4.79 Å². The van der Waals surface area contributed by atoms with Gasteiger partial charge in [-0.25, -0.2) is 0 Å². The van der Waals surface area contributed by atoms with E-state index in [1.165, 1.54) is 12.8 Å². The second-order valence-corrected chi connectivity index (χ2v) is 9.02. The van der Waals surface area contributed by atoms with Gasteiger partial charge in [0.15, 0.2) is 0 Å². The predicted molar refractivity (Wildman–Crippen MR) is 138 cm³/mol. The molecule has 1 N–H and O–H groups in total. The van der Waals surface area contributed by atoms with Gasteiger partial charge in [0.1, 0.15) is 6.17 Å². The van der Waals surface area contributed by atoms with E-state index in [0.717, 1.165) is 39.9 Å². The Morgan fingerprint density at radius 2 is 1.70 bits per heavy atom. The van der Waals surface area contributed by atoms with Crippen LogP contribution in [0.25, 0.3) is 0 Å². The Bertz CT molecular complexity index is 1080. The lowest BCUT2D eigenvalue weighted by atomic mass is 9.91. The molecule has 0 spiro atoms. The van der Waals surface area contributed by atoms with E-state index < -0.39 is 0 Å². The molecule has 5 nitrogen and oxygen atoms in total. The van der Waals surface area contributed by atoms with Gasteiger partial charge in [-0.1, -0.05) is 58.4 Å². The number of halogens is 1. The van der Waals surface area contributed by atoms with Crippen LogP contribution >= 0.6 is 15.9 Å². The van der Waals surface area contributed by atoms with Gasteiger partial charge in [0.25, 0.3) is 0 Å². The van der Waals surface area contributed by atoms with E-state index in [-0.39, 0.29) is 24.7 Å². The van der Waals surface area contributed by atoms with E-state index in [2.05, 4.69) is 93.4 Å². The minimum Gasteiger partial charge on any atom is -0.468 e. The molecule has 1 aliphatic rings. The SMILES string of the molecule is CCN(CC)c1ccc([C@H]2Nc3ccc(Br)cc3[C@@H](c3ccccc3)N2CC(=O)OC)cc1. The van der Waals surface area contributed by atoms with Crippen molar-refractivity contribution in [3.05, 3.63) is 94.0 Å². The molecule has 0 fully saturated rings. The molecule has 1 heterocycles. The van der Waals surface area contributed by atoms with Crippen LogP contribution < -0.4 is 10.2 Å². The number of fused-ring (bicyclic) bond motifs is 1. The number of nitrogens with one attached hydrogen (secondary N) is 1. The number of methoxy groups -OCH3 is 1. The van der Waals surface area contributed by atoms with E-state index in [0.29, 0.717) is 0 Å². The van der Waals surface area contributed by atoms with Crippen LogP contribution in [0.1, 0.15) is 42.7 Å². The fraction of sp³-hybridized carbons (Fsp3) is 0.296. The van der Waals surface area contributed by atoms with Crippen LogP contribution in [-0.4, -0.2) is 37.6 Å². The van der Waals surface area contributed by atoms with Crippen molar-refractivity contribution in [2.24, 2.45) is 0 Å². The van der Waals surface area contributed by atoms with E-state index >= 15 is 0 Å². The van der Waals surface area contributed by atoms with Crippen molar-refractivity contribution in [3.8, 4) is 0 Å². The van der Waals surface area contributed by atoms with Crippen molar-refractivity contribution in [1.82, 2.24) is 4.90 Å². The highest BCUT2D eigenvalue weighted by Crippen LogP contribution is 2.44. The predicted octanol–water partition coefficient (Wildman–Crippen LogP) is 5.98. The fourth-order valence-corrected chi connectivity index (χ4v) is 4.96. The maximum absolute atomic E-state index is 12.5. The molecule has 0 saturated carbocycles. The number of hydrogen-bond donors (Lipinski definition) is 1. The Morgan fingerprint density at radius 3 is 2.33 bits per heavy atom. The third kappa shape index (κ3) is 4.92. The van der Waals surface area contributed by atoms with Crippen LogP contribution in [0.4, 0.5) is 11.4 Å². The molecule has 33 heavy (non-hydrogen) atoms. The molecular formula is C27H30BrN3O2. The normalized spacial score (nSPS) is 17.7. The first-order valence-corrected chi connectivity index (χ1v) is 12.1. The first-order valence-electron chi connectivity index (χ1n) is 11.3. The monoisotopic (exact) mass is 507 g/mol. The van der Waals surface area contributed by atoms with Crippen LogP contribution in [0.15, 0.2) is 77.3 Å². The third-order valence-corrected chi connectivity index (χ3v) is 6.75. The van der Waals surface area contributed by atoms with E-state index in [4.69, 9.17) is 4.74 Å². The standard InChI is InChI=1S/C27H30BrN3O2/c1-4-30(5-2)22-14-11-20(12-15-22)27-29-24-16-13-21(28)17-23(24)26(19-9-7-6-8-10-19)31(27)18-25(32)33-3/h6-17,26-27,29H,4-5,18H2,1-3H3/t26-,27+/m1/s1. The Labute approximate surface area is 204 Å². The minimum absolute atomic E-state index is 0.105. The summed E-state index contributed by atoms with van der Waals surface area (Å²) < 4.78 is 6.09. The highest BCUT2D eigenvalue weighted by Gasteiger charge is 2.37. The summed E-state index contributed by atoms with van der Waals surface area (Å²) in [6.07, 6.45) is -0.186. The topological polar surface area (TPSA) is 44.8 Å². The average Bonchev–Trinajstić information content (AvgIpc) is 2.85. The Hall–Kier alpha value is -2.83. The Morgan fingerprint density at radius 1 is 1.00 bits per heavy atom. The van der Waals surface area contributed by atoms with Crippen LogP contribution in [0.5, 0.6) is 0 Å². The zero-order chi connectivity index (χ0) is 23.4. The van der Waals surface area contributed by atoms with Crippen molar-refractivity contribution < 1.29 is 9.53 Å². The van der Waals surface area contributed by atoms with Crippen molar-refractivity contribution in [1.29, 1.82) is 0 Å². The molecule has 172 valence electrons. The first kappa shape index (κ1) is 23.3. The number of hydrogen-bond acceptors (Lipinski definition) is 5. The lowest BCUT2D eigenvalue weighted by molar-refractivity contribution is -0.143. The minimum atomic E-state index is -0.263. The molecule has 0 saturated heterocycles. The lowest BCUT2D eigenvalue weighted by Crippen LogP contribution is -2.44. The zero-order valence-corrected chi connectivity index (χ0v) is 20.9. The number of benzene rings is 3. The lowest BCUT2D eigenvalue weighted by Gasteiger charge is -2.44. The molecule has 0 unspecified atom stereocenters. The molecule has 2 atom stereocenters. The smallest absolute Gasteiger partial charge is 0.319 e. The number of carbonyl (C=O) groups is 1. The molecule has 0 aromatic heterocycles. The maximum Gasteiger partial charge on any atom is 0.319 e. The number of nitrogens with zero attached hydrogens (tertiary/aromatic N) is 2. The van der Waals surface area contributed by atoms with Gasteiger partial charge >= 0.3 is 5.97 Å². The maximum atomic E-state index is 12.5. The molecular weight excluding hydrogens is 478 g/mol. The van der Waals surface area contributed by atoms with Gasteiger partial charge in [-0.3, -0.25) is 9.69 Å². The summed E-state index contributed by atoms with van der Waals surface area (Å²) in [7, 11) is 1.44. The van der Waals surface area contributed by atoms with Crippen LogP contribution in [0.3, 0.4) is 0 Å². The van der Waals surface area contributed by atoms with E-state index in [1.807, 2.05) is 24.3 Å². The number of ether oxygens (including phenoxy) is 1. The fourth-order valence-electron chi connectivity index (χ4n) is 4.58.